The number of alkyl halides is 1. The van der Waals surface area contributed by atoms with E-state index in [-0.39, 0.29) is 19.0 Å². The molecule has 1 aromatic heterocycles. The Balaban J connectivity index is 2.14. The van der Waals surface area contributed by atoms with Gasteiger partial charge in [-0.15, -0.1) is 0 Å². The Morgan fingerprint density at radius 1 is 1.23 bits per heavy atom. The van der Waals surface area contributed by atoms with Gasteiger partial charge in [0.15, 0.2) is 12.4 Å². The average Bonchev–Trinajstić information content (AvgIpc) is 3.09. The minimum Gasteiger partial charge on any atom is -0.349 e. The van der Waals surface area contributed by atoms with Gasteiger partial charge in [0, 0.05) is 36.2 Å². The second-order valence-electron chi connectivity index (χ2n) is 9.43. The first-order chi connectivity index (χ1) is 17.0. The third-order valence-corrected chi connectivity index (χ3v) is 10.9. The number of nitrogens with zero attached hydrogens (tertiary/aromatic N) is 2. The molecule has 12 heteroatoms. The molecule has 1 fully saturated rings. The number of aromatic nitrogens is 2. The van der Waals surface area contributed by atoms with Crippen molar-refractivity contribution in [2.24, 2.45) is 0 Å². The van der Waals surface area contributed by atoms with Crippen LogP contribution >= 0.6 is 30.1 Å². The minimum atomic E-state index is -1.72. The highest BCUT2D eigenvalue weighted by atomic mass is 33.1. The van der Waals surface area contributed by atoms with Gasteiger partial charge in [-0.2, -0.15) is 0 Å². The summed E-state index contributed by atoms with van der Waals surface area (Å²) in [4.78, 5) is 25.8. The molecule has 1 N–H and O–H groups in total. The van der Waals surface area contributed by atoms with Crippen molar-refractivity contribution in [3.05, 3.63) is 33.1 Å². The van der Waals surface area contributed by atoms with Crippen LogP contribution in [0.3, 0.4) is 0 Å². The number of ether oxygens (including phenoxy) is 1. The highest BCUT2D eigenvalue weighted by Crippen LogP contribution is 2.50. The lowest BCUT2D eigenvalue weighted by Gasteiger charge is -2.37. The minimum absolute atomic E-state index is 0.0838. The van der Waals surface area contributed by atoms with E-state index < -0.39 is 44.4 Å². The Hall–Kier alpha value is -0.420. The van der Waals surface area contributed by atoms with Gasteiger partial charge in [0.25, 0.3) is 14.1 Å². The molecule has 0 spiro atoms. The van der Waals surface area contributed by atoms with E-state index in [1.807, 2.05) is 49.3 Å². The molecule has 0 radical (unpaired) electrons. The topological polar surface area (TPSA) is 85.8 Å². The van der Waals surface area contributed by atoms with Gasteiger partial charge in [0.05, 0.1) is 12.7 Å². The van der Waals surface area contributed by atoms with Crippen LogP contribution in [0.5, 0.6) is 0 Å². The maximum Gasteiger partial charge on any atom is 0.330 e. The summed E-state index contributed by atoms with van der Waals surface area (Å²) in [5.74, 6) is 0. The molecule has 1 aliphatic rings. The zero-order valence-corrected chi connectivity index (χ0v) is 24.2. The van der Waals surface area contributed by atoms with Crippen LogP contribution in [0.2, 0.25) is 0 Å². The number of H-pyrrole nitrogens is 1. The average molecular weight is 555 g/mol. The van der Waals surface area contributed by atoms with Gasteiger partial charge in [0.2, 0.25) is 0 Å². The summed E-state index contributed by atoms with van der Waals surface area (Å²) in [5.41, 5.74) is -1.35. The molecule has 0 amide bonds. The third kappa shape index (κ3) is 9.13. The summed E-state index contributed by atoms with van der Waals surface area (Å²) in [6, 6.07) is 1.30. The van der Waals surface area contributed by atoms with E-state index in [0.717, 1.165) is 23.5 Å². The second kappa shape index (κ2) is 14.5. The van der Waals surface area contributed by atoms with Crippen molar-refractivity contribution in [1.29, 1.82) is 0 Å². The number of rotatable bonds is 14. The van der Waals surface area contributed by atoms with E-state index in [0.29, 0.717) is 17.1 Å². The van der Waals surface area contributed by atoms with E-state index in [9.17, 15) is 9.59 Å². The van der Waals surface area contributed by atoms with Crippen LogP contribution in [0.1, 0.15) is 75.8 Å². The molecule has 0 aliphatic carbocycles. The van der Waals surface area contributed by atoms with Crippen molar-refractivity contribution < 1.29 is 19.5 Å². The quantitative estimate of drug-likeness (QED) is 0.183. The van der Waals surface area contributed by atoms with Crippen molar-refractivity contribution >= 4 is 30.1 Å². The van der Waals surface area contributed by atoms with Crippen LogP contribution in [-0.2, 0) is 13.8 Å². The third-order valence-electron chi connectivity index (χ3n) is 5.22. The predicted molar refractivity (Wildman–Crippen MR) is 145 cm³/mol. The SMILES string of the molecule is [2H]C[C@H]1O[C@@H](n2ccc(=O)[nH]c2=O)[C@@H](F)C1OP(OCCCC(C)SSC(C)C)N(C(C)C)C(C)C. The van der Waals surface area contributed by atoms with Gasteiger partial charge >= 0.3 is 5.69 Å². The van der Waals surface area contributed by atoms with Crippen molar-refractivity contribution in [3.8, 4) is 0 Å². The van der Waals surface area contributed by atoms with Crippen molar-refractivity contribution in [3.63, 3.8) is 0 Å². The first-order valence-corrected chi connectivity index (χ1v) is 15.5. The summed E-state index contributed by atoms with van der Waals surface area (Å²) >= 11 is 0. The summed E-state index contributed by atoms with van der Waals surface area (Å²) in [7, 11) is 2.10. The fourth-order valence-corrected chi connectivity index (χ4v) is 7.67. The standard InChI is InChI=1S/C23H41FN3O5PS2/c1-14(2)27(15(3)4)33(30-13-9-10-17(7)35-34-16(5)6)32-21-18(8)31-22(20(21)24)26-12-11-19(28)25-23(26)29/h11-12,14-18,20-22H,9-10,13H2,1-8H3,(H,25,28,29)/t17?,18-,20+,21?,22-,33?/m1/s1/i8D. The smallest absolute Gasteiger partial charge is 0.330 e. The fourth-order valence-electron chi connectivity index (χ4n) is 3.67. The Labute approximate surface area is 218 Å². The van der Waals surface area contributed by atoms with Gasteiger partial charge in [0.1, 0.15) is 6.10 Å². The maximum atomic E-state index is 15.7. The lowest BCUT2D eigenvalue weighted by molar-refractivity contribution is -0.0180. The van der Waals surface area contributed by atoms with Crippen LogP contribution in [0.4, 0.5) is 4.39 Å². The van der Waals surface area contributed by atoms with Crippen LogP contribution in [0.25, 0.3) is 0 Å². The number of hydrogen-bond acceptors (Lipinski definition) is 8. The van der Waals surface area contributed by atoms with Gasteiger partial charge in [-0.1, -0.05) is 42.4 Å². The molecule has 2 heterocycles. The van der Waals surface area contributed by atoms with Crippen molar-refractivity contribution in [1.82, 2.24) is 14.2 Å². The lowest BCUT2D eigenvalue weighted by atomic mass is 10.2. The zero-order chi connectivity index (χ0) is 27.0. The van der Waals surface area contributed by atoms with Crippen LogP contribution < -0.4 is 11.2 Å². The first-order valence-electron chi connectivity index (χ1n) is 12.8. The molecule has 3 unspecified atom stereocenters. The molecular formula is C23H41FN3O5PS2. The summed E-state index contributed by atoms with van der Waals surface area (Å²) in [6.45, 7) is 14.9. The monoisotopic (exact) mass is 554 g/mol. The summed E-state index contributed by atoms with van der Waals surface area (Å²) in [5, 5.41) is 1.06. The predicted octanol–water partition coefficient (Wildman–Crippen LogP) is 5.50. The van der Waals surface area contributed by atoms with Gasteiger partial charge in [-0.3, -0.25) is 14.3 Å². The molecule has 0 saturated carbocycles. The van der Waals surface area contributed by atoms with Crippen molar-refractivity contribution in [2.45, 2.75) is 115 Å². The normalized spacial score (nSPS) is 25.1. The zero-order valence-electron chi connectivity index (χ0n) is 22.7. The van der Waals surface area contributed by atoms with Crippen LogP contribution in [0, 0.1) is 0 Å². The Kier molecular flexibility index (Phi) is 12.1. The molecule has 2 rings (SSSR count). The molecule has 8 nitrogen and oxygen atoms in total. The first kappa shape index (κ1) is 29.1. The van der Waals surface area contributed by atoms with Gasteiger partial charge in [-0.25, -0.2) is 13.9 Å². The highest BCUT2D eigenvalue weighted by molar-refractivity contribution is 8.77. The van der Waals surface area contributed by atoms with Crippen molar-refractivity contribution in [2.75, 3.05) is 6.61 Å². The molecule has 1 aliphatic heterocycles. The maximum absolute atomic E-state index is 15.7. The number of aromatic amines is 1. The molecule has 1 saturated heterocycles. The number of hydrogen-bond donors (Lipinski definition) is 1. The Morgan fingerprint density at radius 3 is 2.49 bits per heavy atom. The van der Waals surface area contributed by atoms with E-state index in [1.165, 1.54) is 6.20 Å². The Bertz CT molecular complexity index is 901. The summed E-state index contributed by atoms with van der Waals surface area (Å²) < 4.78 is 44.9. The molecular weight excluding hydrogens is 512 g/mol. The molecule has 35 heavy (non-hydrogen) atoms. The number of nitrogens with one attached hydrogen (secondary N) is 1. The number of halogens is 1. The molecule has 1 aromatic rings. The molecule has 6 atom stereocenters. The highest BCUT2D eigenvalue weighted by Gasteiger charge is 2.47. The molecule has 0 bridgehead atoms. The summed E-state index contributed by atoms with van der Waals surface area (Å²) in [6.07, 6.45) is -1.96. The van der Waals surface area contributed by atoms with E-state index >= 15 is 4.39 Å². The largest absolute Gasteiger partial charge is 0.349 e. The van der Waals surface area contributed by atoms with Gasteiger partial charge < -0.3 is 13.8 Å². The van der Waals surface area contributed by atoms with Crippen LogP contribution in [0.15, 0.2) is 21.9 Å². The van der Waals surface area contributed by atoms with Crippen LogP contribution in [-0.4, -0.2) is 61.8 Å². The molecule has 0 aromatic carbocycles. The molecule has 202 valence electrons. The van der Waals surface area contributed by atoms with E-state index in [2.05, 4.69) is 30.4 Å². The van der Waals surface area contributed by atoms with E-state index in [4.69, 9.17) is 15.2 Å². The fraction of sp³-hybridized carbons (Fsp3) is 0.826. The van der Waals surface area contributed by atoms with Gasteiger partial charge in [-0.05, 0) is 47.4 Å². The van der Waals surface area contributed by atoms with E-state index in [1.54, 1.807) is 0 Å². The second-order valence-corrected chi connectivity index (χ2v) is 14.1. The Morgan fingerprint density at radius 2 is 1.91 bits per heavy atom. The lowest BCUT2D eigenvalue weighted by Crippen LogP contribution is -2.38.